The number of imidazole rings is 1. The molecule has 1 heterocycles. The second-order valence-electron chi connectivity index (χ2n) is 4.13. The molecule has 0 amide bonds. The first-order chi connectivity index (χ1) is 9.21. The molecule has 0 unspecified atom stereocenters. The minimum Gasteiger partial charge on any atom is -0.497 e. The molecule has 98 valence electrons. The summed E-state index contributed by atoms with van der Waals surface area (Å²) in [4.78, 5) is 4.57. The van der Waals surface area contributed by atoms with E-state index in [1.165, 1.54) is 0 Å². The summed E-state index contributed by atoms with van der Waals surface area (Å²) in [5.74, 6) is 4.93. The Bertz CT molecular complexity index is 606. The van der Waals surface area contributed by atoms with E-state index < -0.39 is 0 Å². The van der Waals surface area contributed by atoms with Crippen LogP contribution in [0.2, 0.25) is 0 Å². The van der Waals surface area contributed by atoms with Crippen LogP contribution in [0.15, 0.2) is 24.3 Å². The van der Waals surface area contributed by atoms with Gasteiger partial charge < -0.3 is 15.0 Å². The molecule has 2 rings (SSSR count). The number of nitrogens with zero attached hydrogens (tertiary/aromatic N) is 2. The van der Waals surface area contributed by atoms with Gasteiger partial charge in [0.2, 0.25) is 0 Å². The van der Waals surface area contributed by atoms with Gasteiger partial charge in [-0.05, 0) is 24.3 Å². The van der Waals surface area contributed by atoms with Crippen molar-refractivity contribution in [3.8, 4) is 29.4 Å². The fourth-order valence-corrected chi connectivity index (χ4v) is 2.01. The molecule has 19 heavy (non-hydrogen) atoms. The molecule has 0 atom stereocenters. The maximum Gasteiger partial charge on any atom is 0.132 e. The van der Waals surface area contributed by atoms with Crippen LogP contribution < -0.4 is 10.5 Å². The molecule has 0 aliphatic heterocycles. The largest absolute Gasteiger partial charge is 0.497 e. The van der Waals surface area contributed by atoms with E-state index >= 15 is 0 Å². The molecule has 0 saturated carbocycles. The third-order valence-electron chi connectivity index (χ3n) is 3.01. The number of nitrogen functional groups attached to an aromatic ring is 1. The third kappa shape index (κ3) is 2.41. The van der Waals surface area contributed by atoms with E-state index in [1.807, 2.05) is 35.8 Å². The maximum absolute atomic E-state index is 6.14. The van der Waals surface area contributed by atoms with Crippen molar-refractivity contribution in [1.82, 2.24) is 9.55 Å². The summed E-state index contributed by atoms with van der Waals surface area (Å²) in [5.41, 5.74) is 7.88. The fraction of sp³-hybridized carbons (Fsp3) is 0.267. The molecular formula is C15H17N3O. The Hall–Kier alpha value is -2.41. The lowest BCUT2D eigenvalue weighted by atomic mass is 10.1. The van der Waals surface area contributed by atoms with Crippen LogP contribution in [0.25, 0.3) is 11.3 Å². The lowest BCUT2D eigenvalue weighted by molar-refractivity contribution is 0.415. The van der Waals surface area contributed by atoms with Crippen LogP contribution in [0.3, 0.4) is 0 Å². The first-order valence-corrected chi connectivity index (χ1v) is 6.14. The number of hydrogen-bond acceptors (Lipinski definition) is 3. The molecule has 4 heteroatoms. The van der Waals surface area contributed by atoms with Crippen molar-refractivity contribution >= 4 is 5.82 Å². The number of aromatic nitrogens is 2. The van der Waals surface area contributed by atoms with E-state index in [-0.39, 0.29) is 0 Å². The SMILES string of the molecule is C#CCn1c(CC)nc(-c2ccc(OC)cc2)c1N. The van der Waals surface area contributed by atoms with Crippen molar-refractivity contribution in [3.05, 3.63) is 30.1 Å². The Morgan fingerprint density at radius 1 is 1.37 bits per heavy atom. The fourth-order valence-electron chi connectivity index (χ4n) is 2.01. The molecule has 4 nitrogen and oxygen atoms in total. The van der Waals surface area contributed by atoms with Crippen molar-refractivity contribution in [2.75, 3.05) is 12.8 Å². The summed E-state index contributed by atoms with van der Waals surface area (Å²) in [6, 6.07) is 7.66. The zero-order valence-electron chi connectivity index (χ0n) is 11.2. The zero-order valence-corrected chi connectivity index (χ0v) is 11.2. The molecule has 0 bridgehead atoms. The van der Waals surface area contributed by atoms with Gasteiger partial charge in [0.1, 0.15) is 23.1 Å². The molecular weight excluding hydrogens is 238 g/mol. The maximum atomic E-state index is 6.14. The summed E-state index contributed by atoms with van der Waals surface area (Å²) in [7, 11) is 1.64. The highest BCUT2D eigenvalue weighted by Crippen LogP contribution is 2.28. The number of methoxy groups -OCH3 is 1. The number of rotatable bonds is 4. The van der Waals surface area contributed by atoms with Gasteiger partial charge in [0.05, 0.1) is 13.7 Å². The van der Waals surface area contributed by atoms with Crippen LogP contribution in [-0.2, 0) is 13.0 Å². The van der Waals surface area contributed by atoms with E-state index in [1.54, 1.807) is 7.11 Å². The summed E-state index contributed by atoms with van der Waals surface area (Å²) >= 11 is 0. The second kappa shape index (κ2) is 5.49. The number of nitrogens with two attached hydrogens (primary N) is 1. The average Bonchev–Trinajstić information content (AvgIpc) is 2.76. The first kappa shape index (κ1) is 13.0. The lowest BCUT2D eigenvalue weighted by Gasteiger charge is -2.04. The van der Waals surface area contributed by atoms with E-state index in [4.69, 9.17) is 16.9 Å². The third-order valence-corrected chi connectivity index (χ3v) is 3.01. The minimum atomic E-state index is 0.443. The predicted molar refractivity (Wildman–Crippen MR) is 76.8 cm³/mol. The Labute approximate surface area is 113 Å². The van der Waals surface area contributed by atoms with E-state index in [9.17, 15) is 0 Å². The van der Waals surface area contributed by atoms with Crippen molar-refractivity contribution in [1.29, 1.82) is 0 Å². The van der Waals surface area contributed by atoms with Crippen LogP contribution >= 0.6 is 0 Å². The first-order valence-electron chi connectivity index (χ1n) is 6.14. The molecule has 1 aromatic heterocycles. The number of aryl methyl sites for hydroxylation is 1. The van der Waals surface area contributed by atoms with Crippen molar-refractivity contribution < 1.29 is 4.74 Å². The Morgan fingerprint density at radius 3 is 2.58 bits per heavy atom. The molecule has 0 radical (unpaired) electrons. The molecule has 2 aromatic rings. The van der Waals surface area contributed by atoms with Crippen molar-refractivity contribution in [2.45, 2.75) is 19.9 Å². The van der Waals surface area contributed by atoms with Crippen molar-refractivity contribution in [2.24, 2.45) is 0 Å². The van der Waals surface area contributed by atoms with Crippen molar-refractivity contribution in [3.63, 3.8) is 0 Å². The normalized spacial score (nSPS) is 10.2. The highest BCUT2D eigenvalue weighted by molar-refractivity contribution is 5.71. The van der Waals surface area contributed by atoms with Gasteiger partial charge in [0.15, 0.2) is 0 Å². The number of anilines is 1. The minimum absolute atomic E-state index is 0.443. The van der Waals surface area contributed by atoms with Crippen LogP contribution in [-0.4, -0.2) is 16.7 Å². The summed E-state index contributed by atoms with van der Waals surface area (Å²) in [6.45, 7) is 2.48. The van der Waals surface area contributed by atoms with Crippen LogP contribution in [0.4, 0.5) is 5.82 Å². The van der Waals surface area contributed by atoms with Crippen LogP contribution in [0, 0.1) is 12.3 Å². The Morgan fingerprint density at radius 2 is 2.05 bits per heavy atom. The van der Waals surface area contributed by atoms with Crippen LogP contribution in [0.1, 0.15) is 12.7 Å². The van der Waals surface area contributed by atoms with Gasteiger partial charge in [-0.1, -0.05) is 12.8 Å². The molecule has 0 spiro atoms. The Balaban J connectivity index is 2.47. The van der Waals surface area contributed by atoms with Gasteiger partial charge in [-0.25, -0.2) is 4.98 Å². The van der Waals surface area contributed by atoms with Gasteiger partial charge in [-0.2, -0.15) is 0 Å². The molecule has 0 aliphatic carbocycles. The van der Waals surface area contributed by atoms with Gasteiger partial charge in [-0.15, -0.1) is 6.42 Å². The molecule has 2 N–H and O–H groups in total. The van der Waals surface area contributed by atoms with Crippen LogP contribution in [0.5, 0.6) is 5.75 Å². The topological polar surface area (TPSA) is 53.1 Å². The van der Waals surface area contributed by atoms with Gasteiger partial charge >= 0.3 is 0 Å². The van der Waals surface area contributed by atoms with E-state index in [0.717, 1.165) is 29.3 Å². The number of benzene rings is 1. The van der Waals surface area contributed by atoms with Gasteiger partial charge in [-0.3, -0.25) is 0 Å². The van der Waals surface area contributed by atoms with Gasteiger partial charge in [0, 0.05) is 12.0 Å². The highest BCUT2D eigenvalue weighted by Gasteiger charge is 2.14. The van der Waals surface area contributed by atoms with E-state index in [0.29, 0.717) is 12.4 Å². The lowest BCUT2D eigenvalue weighted by Crippen LogP contribution is -2.05. The average molecular weight is 255 g/mol. The molecule has 0 saturated heterocycles. The summed E-state index contributed by atoms with van der Waals surface area (Å²) in [5, 5.41) is 0. The zero-order chi connectivity index (χ0) is 13.8. The molecule has 0 aliphatic rings. The quantitative estimate of drug-likeness (QED) is 0.853. The molecule has 1 aromatic carbocycles. The number of hydrogen-bond donors (Lipinski definition) is 1. The van der Waals surface area contributed by atoms with Gasteiger partial charge in [0.25, 0.3) is 0 Å². The van der Waals surface area contributed by atoms with E-state index in [2.05, 4.69) is 10.9 Å². The second-order valence-corrected chi connectivity index (χ2v) is 4.13. The standard InChI is InChI=1S/C15H17N3O/c1-4-10-18-13(5-2)17-14(15(18)16)11-6-8-12(19-3)9-7-11/h1,6-9H,5,10,16H2,2-3H3. The molecule has 0 fully saturated rings. The summed E-state index contributed by atoms with van der Waals surface area (Å²) < 4.78 is 7.02. The Kier molecular flexibility index (Phi) is 3.76. The number of terminal acetylenes is 1. The highest BCUT2D eigenvalue weighted by atomic mass is 16.5. The predicted octanol–water partition coefficient (Wildman–Crippen LogP) is 2.34. The monoisotopic (exact) mass is 255 g/mol. The number of ether oxygens (including phenoxy) is 1. The smallest absolute Gasteiger partial charge is 0.132 e. The summed E-state index contributed by atoms with van der Waals surface area (Å²) in [6.07, 6.45) is 6.16.